The number of fused-ring (bicyclic) bond motifs is 1. The predicted octanol–water partition coefficient (Wildman–Crippen LogP) is 4.74. The molecular weight excluding hydrogens is 567 g/mol. The summed E-state index contributed by atoms with van der Waals surface area (Å²) in [6, 6.07) is 10.8. The Morgan fingerprint density at radius 1 is 1.09 bits per heavy atom. The maximum Gasteiger partial charge on any atom is 0.416 e. The molecule has 228 valence electrons. The predicted molar refractivity (Wildman–Crippen MR) is 153 cm³/mol. The van der Waals surface area contributed by atoms with Crippen LogP contribution in [0.4, 0.5) is 29.3 Å². The lowest BCUT2D eigenvalue weighted by atomic mass is 9.99. The molecule has 10 nitrogen and oxygen atoms in total. The second-order valence-electron chi connectivity index (χ2n) is 10.4. The molecule has 4 amide bonds. The van der Waals surface area contributed by atoms with E-state index in [1.54, 1.807) is 31.2 Å². The quantitative estimate of drug-likeness (QED) is 0.361. The Morgan fingerprint density at radius 3 is 2.37 bits per heavy atom. The number of aromatic nitrogens is 1. The van der Waals surface area contributed by atoms with Crippen LogP contribution in [-0.2, 0) is 6.18 Å². The number of alkyl halides is 3. The summed E-state index contributed by atoms with van der Waals surface area (Å²) in [5, 5.41) is 15.2. The van der Waals surface area contributed by atoms with Crippen molar-refractivity contribution in [2.45, 2.75) is 32.2 Å². The topological polar surface area (TPSA) is 124 Å². The molecule has 0 saturated heterocycles. The van der Waals surface area contributed by atoms with Gasteiger partial charge in [0, 0.05) is 48.8 Å². The molecule has 0 bridgehead atoms. The molecule has 1 aliphatic rings. The van der Waals surface area contributed by atoms with E-state index in [-0.39, 0.29) is 42.6 Å². The van der Waals surface area contributed by atoms with Gasteiger partial charge in [0.05, 0.1) is 30.3 Å². The first-order valence-electron chi connectivity index (χ1n) is 13.5. The fourth-order valence-corrected chi connectivity index (χ4v) is 4.54. The van der Waals surface area contributed by atoms with Crippen molar-refractivity contribution in [3.63, 3.8) is 0 Å². The maximum absolute atomic E-state index is 13.6. The number of pyridine rings is 1. The van der Waals surface area contributed by atoms with Gasteiger partial charge in [0.1, 0.15) is 11.9 Å². The maximum atomic E-state index is 13.6. The highest BCUT2D eigenvalue weighted by molar-refractivity contribution is 6.05. The fourth-order valence-electron chi connectivity index (χ4n) is 4.54. The van der Waals surface area contributed by atoms with Crippen molar-refractivity contribution in [2.24, 2.45) is 5.92 Å². The van der Waals surface area contributed by atoms with Gasteiger partial charge in [-0.15, -0.1) is 0 Å². The van der Waals surface area contributed by atoms with Crippen LogP contribution in [0.5, 0.6) is 5.75 Å². The standard InChI is InChI=1S/C30H32F3N5O5/c1-18-15-38(19(2)17-39)28(41)24-14-23(35-27(40)20-10-12-34-13-11-20)8-9-25(24)43-26(18)16-37(3)29(42)36-22-6-4-21(5-7-22)30(31,32)33/h4-14,18-19,26,39H,15-17H2,1-3H3,(H,35,40)(H,36,42)/t18-,19-,26+/m0/s1. The average molecular weight is 600 g/mol. The zero-order chi connectivity index (χ0) is 31.3. The number of aliphatic hydroxyl groups is 1. The molecule has 43 heavy (non-hydrogen) atoms. The van der Waals surface area contributed by atoms with Gasteiger partial charge in [-0.25, -0.2) is 4.79 Å². The molecule has 0 spiro atoms. The SMILES string of the molecule is C[C@H]1CN([C@@H](C)CO)C(=O)c2cc(NC(=O)c3ccncc3)ccc2O[C@@H]1CN(C)C(=O)Nc1ccc(C(F)(F)F)cc1. The van der Waals surface area contributed by atoms with Gasteiger partial charge in [0.25, 0.3) is 11.8 Å². The summed E-state index contributed by atoms with van der Waals surface area (Å²) < 4.78 is 44.9. The number of nitrogens with one attached hydrogen (secondary N) is 2. The molecule has 2 aromatic carbocycles. The van der Waals surface area contributed by atoms with Crippen molar-refractivity contribution in [3.8, 4) is 5.75 Å². The number of nitrogens with zero attached hydrogens (tertiary/aromatic N) is 3. The zero-order valence-electron chi connectivity index (χ0n) is 23.8. The van der Waals surface area contributed by atoms with Crippen LogP contribution in [0.1, 0.15) is 40.1 Å². The molecule has 3 aromatic rings. The van der Waals surface area contributed by atoms with Gasteiger partial charge in [0.2, 0.25) is 0 Å². The van der Waals surface area contributed by atoms with Crippen molar-refractivity contribution in [2.75, 3.05) is 37.4 Å². The largest absolute Gasteiger partial charge is 0.487 e. The first-order valence-corrected chi connectivity index (χ1v) is 13.5. The number of likely N-dealkylation sites (N-methyl/N-ethyl adjacent to an activating group) is 1. The monoisotopic (exact) mass is 599 g/mol. The zero-order valence-corrected chi connectivity index (χ0v) is 23.8. The minimum Gasteiger partial charge on any atom is -0.487 e. The number of carbonyl (C=O) groups excluding carboxylic acids is 3. The Bertz CT molecular complexity index is 1450. The Balaban J connectivity index is 1.55. The number of rotatable bonds is 7. The van der Waals surface area contributed by atoms with Crippen LogP contribution in [0.2, 0.25) is 0 Å². The van der Waals surface area contributed by atoms with E-state index < -0.39 is 41.7 Å². The van der Waals surface area contributed by atoms with Crippen LogP contribution < -0.4 is 15.4 Å². The van der Waals surface area contributed by atoms with Crippen LogP contribution in [0.15, 0.2) is 67.0 Å². The number of amides is 4. The van der Waals surface area contributed by atoms with E-state index in [9.17, 15) is 32.7 Å². The van der Waals surface area contributed by atoms with Gasteiger partial charge in [-0.2, -0.15) is 13.2 Å². The lowest BCUT2D eigenvalue weighted by molar-refractivity contribution is -0.137. The third-order valence-electron chi connectivity index (χ3n) is 7.13. The van der Waals surface area contributed by atoms with Crippen molar-refractivity contribution >= 4 is 29.2 Å². The Hall–Kier alpha value is -4.65. The number of halogens is 3. The molecule has 3 atom stereocenters. The molecule has 0 radical (unpaired) electrons. The molecule has 1 aliphatic heterocycles. The summed E-state index contributed by atoms with van der Waals surface area (Å²) in [6.07, 6.45) is -2.12. The van der Waals surface area contributed by atoms with E-state index in [0.717, 1.165) is 12.1 Å². The number of anilines is 2. The number of benzene rings is 2. The summed E-state index contributed by atoms with van der Waals surface area (Å²) in [5.41, 5.74) is 0.266. The molecule has 4 rings (SSSR count). The van der Waals surface area contributed by atoms with E-state index in [0.29, 0.717) is 11.3 Å². The summed E-state index contributed by atoms with van der Waals surface area (Å²) >= 11 is 0. The fraction of sp³-hybridized carbons (Fsp3) is 0.333. The van der Waals surface area contributed by atoms with Crippen molar-refractivity contribution in [3.05, 3.63) is 83.7 Å². The first kappa shape index (κ1) is 31.3. The highest BCUT2D eigenvalue weighted by atomic mass is 19.4. The smallest absolute Gasteiger partial charge is 0.416 e. The van der Waals surface area contributed by atoms with E-state index >= 15 is 0 Å². The molecule has 13 heteroatoms. The third kappa shape index (κ3) is 7.60. The highest BCUT2D eigenvalue weighted by Crippen LogP contribution is 2.32. The molecule has 0 fully saturated rings. The summed E-state index contributed by atoms with van der Waals surface area (Å²) in [4.78, 5) is 46.0. The molecule has 0 unspecified atom stereocenters. The normalized spacial score (nSPS) is 17.6. The minimum absolute atomic E-state index is 0.0726. The number of carbonyl (C=O) groups is 3. The Labute approximate surface area is 246 Å². The lowest BCUT2D eigenvalue weighted by Crippen LogP contribution is -2.50. The van der Waals surface area contributed by atoms with Gasteiger partial charge >= 0.3 is 12.2 Å². The Kier molecular flexibility index (Phi) is 9.54. The lowest BCUT2D eigenvalue weighted by Gasteiger charge is -2.38. The first-order chi connectivity index (χ1) is 20.4. The number of hydrogen-bond acceptors (Lipinski definition) is 6. The van der Waals surface area contributed by atoms with E-state index in [1.165, 1.54) is 47.4 Å². The highest BCUT2D eigenvalue weighted by Gasteiger charge is 2.34. The van der Waals surface area contributed by atoms with Gasteiger partial charge < -0.3 is 30.3 Å². The van der Waals surface area contributed by atoms with Gasteiger partial charge in [-0.3, -0.25) is 14.6 Å². The van der Waals surface area contributed by atoms with Crippen LogP contribution in [-0.4, -0.2) is 76.6 Å². The van der Waals surface area contributed by atoms with Gasteiger partial charge in [-0.05, 0) is 61.5 Å². The number of hydrogen-bond donors (Lipinski definition) is 3. The van der Waals surface area contributed by atoms with Crippen molar-refractivity contribution in [1.82, 2.24) is 14.8 Å². The van der Waals surface area contributed by atoms with E-state index in [2.05, 4.69) is 15.6 Å². The van der Waals surface area contributed by atoms with Crippen molar-refractivity contribution < 1.29 is 37.4 Å². The van der Waals surface area contributed by atoms with Crippen LogP contribution >= 0.6 is 0 Å². The second-order valence-corrected chi connectivity index (χ2v) is 10.4. The van der Waals surface area contributed by atoms with E-state index in [4.69, 9.17) is 4.74 Å². The number of aliphatic hydroxyl groups excluding tert-OH is 1. The van der Waals surface area contributed by atoms with Crippen LogP contribution in [0.3, 0.4) is 0 Å². The Morgan fingerprint density at radius 2 is 1.74 bits per heavy atom. The van der Waals surface area contributed by atoms with E-state index in [1.807, 2.05) is 6.92 Å². The van der Waals surface area contributed by atoms with Gasteiger partial charge in [-0.1, -0.05) is 6.92 Å². The summed E-state index contributed by atoms with van der Waals surface area (Å²) in [5.74, 6) is -0.849. The molecule has 2 heterocycles. The molecule has 1 aromatic heterocycles. The number of ether oxygens (including phenoxy) is 1. The number of urea groups is 1. The van der Waals surface area contributed by atoms with Crippen LogP contribution in [0.25, 0.3) is 0 Å². The van der Waals surface area contributed by atoms with Gasteiger partial charge in [0.15, 0.2) is 0 Å². The van der Waals surface area contributed by atoms with Crippen molar-refractivity contribution in [1.29, 1.82) is 0 Å². The summed E-state index contributed by atoms with van der Waals surface area (Å²) in [7, 11) is 1.52. The average Bonchev–Trinajstić information content (AvgIpc) is 2.99. The second kappa shape index (κ2) is 13.1. The minimum atomic E-state index is -4.49. The van der Waals surface area contributed by atoms with Crippen LogP contribution in [0, 0.1) is 5.92 Å². The third-order valence-corrected chi connectivity index (χ3v) is 7.13. The summed E-state index contributed by atoms with van der Waals surface area (Å²) in [6.45, 7) is 3.55. The molecule has 0 aliphatic carbocycles. The molecule has 0 saturated carbocycles. The molecule has 3 N–H and O–H groups in total. The molecular formula is C30H32F3N5O5.